The number of nitrogens with zero attached hydrogens (tertiary/aromatic N) is 5. The van der Waals surface area contributed by atoms with Gasteiger partial charge in [0.15, 0.2) is 0 Å². The highest BCUT2D eigenvalue weighted by atomic mass is 16.5. The Bertz CT molecular complexity index is 971. The number of carbonyl (C=O) groups excluding carboxylic acids is 1. The summed E-state index contributed by atoms with van der Waals surface area (Å²) in [7, 11) is 1.66. The van der Waals surface area contributed by atoms with Gasteiger partial charge in [-0.25, -0.2) is 0 Å². The predicted molar refractivity (Wildman–Crippen MR) is 108 cm³/mol. The fourth-order valence-electron chi connectivity index (χ4n) is 3.92. The summed E-state index contributed by atoms with van der Waals surface area (Å²) in [5.41, 5.74) is 5.06. The van der Waals surface area contributed by atoms with Gasteiger partial charge in [-0.05, 0) is 47.2 Å². The first-order valence-electron chi connectivity index (χ1n) is 9.71. The molecule has 1 unspecified atom stereocenters. The van der Waals surface area contributed by atoms with E-state index in [1.165, 1.54) is 5.56 Å². The van der Waals surface area contributed by atoms with E-state index in [1.54, 1.807) is 13.3 Å². The van der Waals surface area contributed by atoms with Gasteiger partial charge in [0.25, 0.3) is 0 Å². The van der Waals surface area contributed by atoms with E-state index in [9.17, 15) is 4.79 Å². The summed E-state index contributed by atoms with van der Waals surface area (Å²) in [5, 5.41) is 14.4. The highest BCUT2D eigenvalue weighted by molar-refractivity contribution is 5.81. The van der Waals surface area contributed by atoms with Gasteiger partial charge in [0.05, 0.1) is 12.2 Å². The summed E-state index contributed by atoms with van der Waals surface area (Å²) in [4.78, 5) is 18.4. The number of rotatable bonds is 7. The maximum Gasteiger partial charge on any atom is 0.223 e. The lowest BCUT2D eigenvalue weighted by atomic mass is 9.94. The molecular formula is C21H24N6O2. The molecule has 8 heteroatoms. The summed E-state index contributed by atoms with van der Waals surface area (Å²) < 4.78 is 5.09. The second-order valence-electron chi connectivity index (χ2n) is 7.36. The third kappa shape index (κ3) is 4.17. The number of H-pyrrole nitrogens is 1. The van der Waals surface area contributed by atoms with Crippen molar-refractivity contribution in [2.24, 2.45) is 5.92 Å². The van der Waals surface area contributed by atoms with Crippen LogP contribution in [-0.2, 0) is 16.0 Å². The first-order valence-corrected chi connectivity index (χ1v) is 9.71. The van der Waals surface area contributed by atoms with Crippen molar-refractivity contribution in [1.29, 1.82) is 0 Å². The second kappa shape index (κ2) is 8.48. The van der Waals surface area contributed by atoms with Crippen LogP contribution in [0.2, 0.25) is 0 Å². The summed E-state index contributed by atoms with van der Waals surface area (Å²) in [5.74, 6) is 1.11. The third-order valence-corrected chi connectivity index (χ3v) is 5.36. The molecule has 0 spiro atoms. The highest BCUT2D eigenvalue weighted by Crippen LogP contribution is 2.32. The van der Waals surface area contributed by atoms with Crippen molar-refractivity contribution in [2.75, 3.05) is 26.8 Å². The number of amides is 1. The van der Waals surface area contributed by atoms with E-state index in [4.69, 9.17) is 4.74 Å². The molecule has 150 valence electrons. The summed E-state index contributed by atoms with van der Waals surface area (Å²) >= 11 is 0. The van der Waals surface area contributed by atoms with Gasteiger partial charge in [-0.3, -0.25) is 9.78 Å². The lowest BCUT2D eigenvalue weighted by molar-refractivity contribution is -0.128. The lowest BCUT2D eigenvalue weighted by Gasteiger charge is -2.16. The molecule has 0 saturated carbocycles. The molecule has 0 aliphatic carbocycles. The van der Waals surface area contributed by atoms with Crippen molar-refractivity contribution in [3.05, 3.63) is 47.8 Å². The van der Waals surface area contributed by atoms with Gasteiger partial charge in [0.1, 0.15) is 0 Å². The lowest BCUT2D eigenvalue weighted by Crippen LogP contribution is -2.28. The molecule has 2 aromatic heterocycles. The van der Waals surface area contributed by atoms with Gasteiger partial charge in [-0.15, -0.1) is 10.2 Å². The molecule has 29 heavy (non-hydrogen) atoms. The smallest absolute Gasteiger partial charge is 0.223 e. The zero-order valence-corrected chi connectivity index (χ0v) is 16.6. The minimum atomic E-state index is 0.223. The van der Waals surface area contributed by atoms with Crippen molar-refractivity contribution in [2.45, 2.75) is 19.8 Å². The number of tetrazole rings is 1. The fourth-order valence-corrected chi connectivity index (χ4v) is 3.92. The number of benzene rings is 1. The van der Waals surface area contributed by atoms with Crippen LogP contribution in [0.15, 0.2) is 36.5 Å². The highest BCUT2D eigenvalue weighted by Gasteiger charge is 2.29. The van der Waals surface area contributed by atoms with E-state index in [2.05, 4.69) is 49.9 Å². The van der Waals surface area contributed by atoms with E-state index in [-0.39, 0.29) is 5.91 Å². The number of carbonyl (C=O) groups is 1. The number of aryl methyl sites for hydroxylation is 1. The monoisotopic (exact) mass is 392 g/mol. The van der Waals surface area contributed by atoms with Crippen LogP contribution in [0.4, 0.5) is 0 Å². The van der Waals surface area contributed by atoms with Crippen LogP contribution in [0.25, 0.3) is 22.5 Å². The number of ether oxygens (including phenoxy) is 1. The number of hydrogen-bond donors (Lipinski definition) is 1. The van der Waals surface area contributed by atoms with Gasteiger partial charge < -0.3 is 9.64 Å². The number of hydrogen-bond acceptors (Lipinski definition) is 6. The average Bonchev–Trinajstić information content (AvgIpc) is 3.37. The van der Waals surface area contributed by atoms with E-state index in [0.717, 1.165) is 35.3 Å². The quantitative estimate of drug-likeness (QED) is 0.663. The van der Waals surface area contributed by atoms with Crippen molar-refractivity contribution >= 4 is 5.91 Å². The van der Waals surface area contributed by atoms with E-state index in [0.29, 0.717) is 31.3 Å². The van der Waals surface area contributed by atoms with Crippen molar-refractivity contribution in [1.82, 2.24) is 30.5 Å². The zero-order valence-electron chi connectivity index (χ0n) is 16.6. The first kappa shape index (κ1) is 19.2. The Labute approximate surface area is 169 Å². The fraction of sp³-hybridized carbons (Fsp3) is 0.381. The minimum Gasteiger partial charge on any atom is -0.383 e. The molecule has 1 atom stereocenters. The standard InChI is InChI=1S/C21H24N6O2/c1-14-20(21-23-25-26-24-21)18(7-8-22-14)17-5-3-15(4-6-17)11-16-12-19(28)27(13-16)9-10-29-2/h3-8,16H,9-13H2,1-2H3,(H,23,24,25,26). The molecule has 0 radical (unpaired) electrons. The van der Waals surface area contributed by atoms with Gasteiger partial charge in [-0.2, -0.15) is 5.21 Å². The van der Waals surface area contributed by atoms with Crippen LogP contribution in [0, 0.1) is 12.8 Å². The van der Waals surface area contributed by atoms with Crippen molar-refractivity contribution in [3.63, 3.8) is 0 Å². The molecule has 3 heterocycles. The zero-order chi connectivity index (χ0) is 20.2. The number of methoxy groups -OCH3 is 1. The third-order valence-electron chi connectivity index (χ3n) is 5.36. The van der Waals surface area contributed by atoms with E-state index < -0.39 is 0 Å². The molecule has 1 aliphatic heterocycles. The molecule has 1 fully saturated rings. The maximum atomic E-state index is 12.1. The average molecular weight is 392 g/mol. The van der Waals surface area contributed by atoms with Gasteiger partial charge >= 0.3 is 0 Å². The van der Waals surface area contributed by atoms with Crippen molar-refractivity contribution in [3.8, 4) is 22.5 Å². The molecule has 8 nitrogen and oxygen atoms in total. The van der Waals surface area contributed by atoms with Crippen LogP contribution in [0.5, 0.6) is 0 Å². The maximum absolute atomic E-state index is 12.1. The van der Waals surface area contributed by atoms with Crippen molar-refractivity contribution < 1.29 is 9.53 Å². The van der Waals surface area contributed by atoms with E-state index in [1.807, 2.05) is 17.9 Å². The van der Waals surface area contributed by atoms with Crippen LogP contribution in [0.3, 0.4) is 0 Å². The number of aromatic amines is 1. The van der Waals surface area contributed by atoms with Gasteiger partial charge in [-0.1, -0.05) is 24.3 Å². The Morgan fingerprint density at radius 2 is 2.07 bits per heavy atom. The number of aromatic nitrogens is 5. The minimum absolute atomic E-state index is 0.223. The number of nitrogens with one attached hydrogen (secondary N) is 1. The largest absolute Gasteiger partial charge is 0.383 e. The normalized spacial score (nSPS) is 16.6. The molecule has 1 aromatic carbocycles. The molecule has 0 bridgehead atoms. The molecule has 1 amide bonds. The topological polar surface area (TPSA) is 96.9 Å². The van der Waals surface area contributed by atoms with Crippen LogP contribution in [-0.4, -0.2) is 63.2 Å². The summed E-state index contributed by atoms with van der Waals surface area (Å²) in [6.45, 7) is 4.00. The Morgan fingerprint density at radius 1 is 1.24 bits per heavy atom. The van der Waals surface area contributed by atoms with E-state index >= 15 is 0 Å². The Balaban J connectivity index is 1.50. The van der Waals surface area contributed by atoms with Crippen LogP contribution in [0.1, 0.15) is 17.7 Å². The Morgan fingerprint density at radius 3 is 2.79 bits per heavy atom. The SMILES string of the molecule is COCCN1CC(Cc2ccc(-c3ccnc(C)c3-c3nn[nH]n3)cc2)CC1=O. The Kier molecular flexibility index (Phi) is 5.62. The predicted octanol–water partition coefficient (Wildman–Crippen LogP) is 2.27. The second-order valence-corrected chi connectivity index (χ2v) is 7.36. The molecule has 3 aromatic rings. The Hall–Kier alpha value is -3.13. The molecule has 1 aliphatic rings. The van der Waals surface area contributed by atoms with Crippen LogP contribution < -0.4 is 0 Å². The number of pyridine rings is 1. The molecular weight excluding hydrogens is 368 g/mol. The van der Waals surface area contributed by atoms with Gasteiger partial charge in [0, 0.05) is 38.5 Å². The number of likely N-dealkylation sites (tertiary alicyclic amines) is 1. The van der Waals surface area contributed by atoms with Crippen LogP contribution >= 0.6 is 0 Å². The summed E-state index contributed by atoms with van der Waals surface area (Å²) in [6.07, 6.45) is 3.29. The molecule has 1 saturated heterocycles. The molecule has 4 rings (SSSR count). The summed E-state index contributed by atoms with van der Waals surface area (Å²) in [6, 6.07) is 10.4. The first-order chi connectivity index (χ1) is 14.2. The molecule has 1 N–H and O–H groups in total. The van der Waals surface area contributed by atoms with Gasteiger partial charge in [0.2, 0.25) is 11.7 Å².